The molecule has 1 saturated heterocycles. The van der Waals surface area contributed by atoms with Gasteiger partial charge in [-0.15, -0.1) is 0 Å². The monoisotopic (exact) mass is 396 g/mol. The van der Waals surface area contributed by atoms with E-state index in [1.54, 1.807) is 0 Å². The number of sulfonamides is 1. The fourth-order valence-corrected chi connectivity index (χ4v) is 4.18. The molecule has 0 spiro atoms. The van der Waals surface area contributed by atoms with Crippen LogP contribution >= 0.6 is 11.6 Å². The van der Waals surface area contributed by atoms with Gasteiger partial charge in [0.1, 0.15) is 17.4 Å². The molecule has 26 heavy (non-hydrogen) atoms. The molecule has 1 aromatic carbocycles. The number of aryl methyl sites for hydroxylation is 1. The highest BCUT2D eigenvalue weighted by molar-refractivity contribution is 7.89. The first kappa shape index (κ1) is 18.9. The molecule has 9 heteroatoms. The summed E-state index contributed by atoms with van der Waals surface area (Å²) in [5.74, 6) is 1.70. The van der Waals surface area contributed by atoms with Crippen LogP contribution in [-0.4, -0.2) is 38.6 Å². The predicted octanol–water partition coefficient (Wildman–Crippen LogP) is 2.53. The van der Waals surface area contributed by atoms with Crippen LogP contribution in [0.1, 0.15) is 24.4 Å². The number of methoxy groups -OCH3 is 1. The van der Waals surface area contributed by atoms with Gasteiger partial charge in [-0.1, -0.05) is 11.6 Å². The van der Waals surface area contributed by atoms with E-state index in [4.69, 9.17) is 16.3 Å². The molecule has 1 aliphatic rings. The third-order valence-electron chi connectivity index (χ3n) is 4.17. The van der Waals surface area contributed by atoms with Gasteiger partial charge in [-0.05, 0) is 38.0 Å². The summed E-state index contributed by atoms with van der Waals surface area (Å²) < 4.78 is 32.6. The zero-order valence-electron chi connectivity index (χ0n) is 14.7. The topological polar surface area (TPSA) is 84.4 Å². The second kappa shape index (κ2) is 7.77. The fourth-order valence-electron chi connectivity index (χ4n) is 2.86. The van der Waals surface area contributed by atoms with Crippen molar-refractivity contribution < 1.29 is 13.2 Å². The molecule has 0 bridgehead atoms. The third kappa shape index (κ3) is 4.25. The van der Waals surface area contributed by atoms with Crippen LogP contribution in [0.5, 0.6) is 5.75 Å². The summed E-state index contributed by atoms with van der Waals surface area (Å²) in [4.78, 5) is 11.1. The normalized spacial score (nSPS) is 14.7. The van der Waals surface area contributed by atoms with Crippen molar-refractivity contribution in [3.8, 4) is 5.75 Å². The van der Waals surface area contributed by atoms with Crippen LogP contribution in [0.15, 0.2) is 29.2 Å². The number of hydrogen-bond donors (Lipinski definition) is 1. The maximum atomic E-state index is 12.5. The first-order valence-electron chi connectivity index (χ1n) is 8.32. The Hall–Kier alpha value is -1.90. The number of nitrogens with one attached hydrogen (secondary N) is 1. The van der Waals surface area contributed by atoms with Gasteiger partial charge in [0.05, 0.1) is 23.6 Å². The molecular formula is C17H21ClN4O3S. The minimum Gasteiger partial charge on any atom is -0.495 e. The molecule has 0 amide bonds. The molecule has 0 aliphatic carbocycles. The lowest BCUT2D eigenvalue weighted by Gasteiger charge is -2.17. The average molecular weight is 397 g/mol. The van der Waals surface area contributed by atoms with Crippen molar-refractivity contribution in [2.45, 2.75) is 31.2 Å². The van der Waals surface area contributed by atoms with E-state index in [1.807, 2.05) is 13.0 Å². The Morgan fingerprint density at radius 2 is 1.96 bits per heavy atom. The lowest BCUT2D eigenvalue weighted by Crippen LogP contribution is -2.26. The number of rotatable bonds is 6. The minimum atomic E-state index is -3.73. The number of benzene rings is 1. The molecule has 140 valence electrons. The van der Waals surface area contributed by atoms with Gasteiger partial charge in [-0.2, -0.15) is 0 Å². The van der Waals surface area contributed by atoms with Crippen molar-refractivity contribution in [1.29, 1.82) is 0 Å². The Balaban J connectivity index is 1.76. The maximum Gasteiger partial charge on any atom is 0.241 e. The van der Waals surface area contributed by atoms with Gasteiger partial charge in [0.2, 0.25) is 10.0 Å². The lowest BCUT2D eigenvalue weighted by atomic mass is 10.3. The summed E-state index contributed by atoms with van der Waals surface area (Å²) in [6.07, 6.45) is 2.28. The van der Waals surface area contributed by atoms with Gasteiger partial charge < -0.3 is 9.64 Å². The average Bonchev–Trinajstić information content (AvgIpc) is 3.14. The SMILES string of the molecule is COc1ccc(S(=O)(=O)NCc2nc(C)cc(N3CCCC3)n2)cc1Cl. The summed E-state index contributed by atoms with van der Waals surface area (Å²) in [6, 6.07) is 6.24. The van der Waals surface area contributed by atoms with Gasteiger partial charge in [0.15, 0.2) is 0 Å². The molecule has 0 unspecified atom stereocenters. The van der Waals surface area contributed by atoms with Crippen LogP contribution in [0, 0.1) is 6.92 Å². The largest absolute Gasteiger partial charge is 0.495 e. The van der Waals surface area contributed by atoms with Crippen LogP contribution in [0.25, 0.3) is 0 Å². The summed E-state index contributed by atoms with van der Waals surface area (Å²) in [5.41, 5.74) is 0.809. The smallest absolute Gasteiger partial charge is 0.241 e. The van der Waals surface area contributed by atoms with Gasteiger partial charge >= 0.3 is 0 Å². The molecule has 1 aliphatic heterocycles. The van der Waals surface area contributed by atoms with Crippen molar-refractivity contribution >= 4 is 27.4 Å². The highest BCUT2D eigenvalue weighted by Gasteiger charge is 2.18. The van der Waals surface area contributed by atoms with Crippen LogP contribution in [0.3, 0.4) is 0 Å². The van der Waals surface area contributed by atoms with Crippen LogP contribution in [0.2, 0.25) is 5.02 Å². The van der Waals surface area contributed by atoms with E-state index >= 15 is 0 Å². The lowest BCUT2D eigenvalue weighted by molar-refractivity contribution is 0.414. The fraction of sp³-hybridized carbons (Fsp3) is 0.412. The van der Waals surface area contributed by atoms with E-state index in [2.05, 4.69) is 19.6 Å². The highest BCUT2D eigenvalue weighted by atomic mass is 35.5. The molecule has 1 fully saturated rings. The van der Waals surface area contributed by atoms with E-state index in [0.717, 1.165) is 37.4 Å². The number of halogens is 1. The Kier molecular flexibility index (Phi) is 5.64. The van der Waals surface area contributed by atoms with Crippen molar-refractivity contribution in [3.63, 3.8) is 0 Å². The highest BCUT2D eigenvalue weighted by Crippen LogP contribution is 2.27. The summed E-state index contributed by atoms with van der Waals surface area (Å²) in [7, 11) is -2.26. The molecule has 1 N–H and O–H groups in total. The van der Waals surface area contributed by atoms with Gasteiger partial charge in [-0.25, -0.2) is 23.1 Å². The summed E-state index contributed by atoms with van der Waals surface area (Å²) >= 11 is 6.02. The molecule has 7 nitrogen and oxygen atoms in total. The molecule has 1 aromatic heterocycles. The Morgan fingerprint density at radius 1 is 1.23 bits per heavy atom. The molecule has 0 atom stereocenters. The van der Waals surface area contributed by atoms with Gasteiger partial charge in [0, 0.05) is 24.8 Å². The van der Waals surface area contributed by atoms with Crippen LogP contribution in [0.4, 0.5) is 5.82 Å². The number of hydrogen-bond acceptors (Lipinski definition) is 6. The first-order valence-corrected chi connectivity index (χ1v) is 10.2. The van der Waals surface area contributed by atoms with E-state index in [1.165, 1.54) is 25.3 Å². The Bertz CT molecular complexity index is 899. The van der Waals surface area contributed by atoms with E-state index in [9.17, 15) is 8.42 Å². The zero-order chi connectivity index (χ0) is 18.7. The van der Waals surface area contributed by atoms with E-state index in [-0.39, 0.29) is 16.5 Å². The van der Waals surface area contributed by atoms with E-state index in [0.29, 0.717) is 11.6 Å². The predicted molar refractivity (Wildman–Crippen MR) is 100 cm³/mol. The number of aromatic nitrogens is 2. The minimum absolute atomic E-state index is 0.00843. The quantitative estimate of drug-likeness (QED) is 0.807. The Labute approximate surface area is 158 Å². The zero-order valence-corrected chi connectivity index (χ0v) is 16.3. The first-order chi connectivity index (χ1) is 12.4. The summed E-state index contributed by atoms with van der Waals surface area (Å²) in [5, 5.41) is 0.235. The molecule has 2 aromatic rings. The molecule has 2 heterocycles. The molecular weight excluding hydrogens is 376 g/mol. The van der Waals surface area contributed by atoms with E-state index < -0.39 is 10.0 Å². The Morgan fingerprint density at radius 3 is 2.62 bits per heavy atom. The van der Waals surface area contributed by atoms with Crippen molar-refractivity contribution in [1.82, 2.24) is 14.7 Å². The number of ether oxygens (including phenoxy) is 1. The second-order valence-electron chi connectivity index (χ2n) is 6.10. The van der Waals surface area contributed by atoms with Crippen LogP contribution in [-0.2, 0) is 16.6 Å². The summed E-state index contributed by atoms with van der Waals surface area (Å²) in [6.45, 7) is 3.81. The third-order valence-corrected chi connectivity index (χ3v) is 5.87. The van der Waals surface area contributed by atoms with Gasteiger partial charge in [0.25, 0.3) is 0 Å². The van der Waals surface area contributed by atoms with Crippen molar-refractivity contribution in [3.05, 3.63) is 40.8 Å². The molecule has 3 rings (SSSR count). The van der Waals surface area contributed by atoms with Crippen molar-refractivity contribution in [2.24, 2.45) is 0 Å². The second-order valence-corrected chi connectivity index (χ2v) is 8.27. The van der Waals surface area contributed by atoms with Crippen LogP contribution < -0.4 is 14.4 Å². The maximum absolute atomic E-state index is 12.5. The number of anilines is 1. The van der Waals surface area contributed by atoms with Crippen molar-refractivity contribution in [2.75, 3.05) is 25.1 Å². The molecule has 0 radical (unpaired) electrons. The number of nitrogens with zero attached hydrogens (tertiary/aromatic N) is 3. The standard InChI is InChI=1S/C17H21ClN4O3S/c1-12-9-17(22-7-3-4-8-22)21-16(20-12)11-19-26(23,24)13-5-6-15(25-2)14(18)10-13/h5-6,9-10,19H,3-4,7-8,11H2,1-2H3. The van der Waals surface area contributed by atoms with Gasteiger partial charge in [-0.3, -0.25) is 0 Å². The molecule has 0 saturated carbocycles.